The summed E-state index contributed by atoms with van der Waals surface area (Å²) in [6.45, 7) is 17.1. The Hall–Kier alpha value is -5.28. The number of hydrogen-bond acceptors (Lipinski definition) is 16. The lowest BCUT2D eigenvalue weighted by Crippen LogP contribution is -2.61. The van der Waals surface area contributed by atoms with Crippen LogP contribution in [0.1, 0.15) is 113 Å². The number of amides is 2. The summed E-state index contributed by atoms with van der Waals surface area (Å²) in [6.07, 6.45) is 9.76. The van der Waals surface area contributed by atoms with Crippen LogP contribution in [0.15, 0.2) is 52.9 Å². The number of piperazine rings is 1. The van der Waals surface area contributed by atoms with Crippen LogP contribution in [0, 0.1) is 17.3 Å². The highest BCUT2D eigenvalue weighted by molar-refractivity contribution is 7.10. The van der Waals surface area contributed by atoms with Gasteiger partial charge in [0.1, 0.15) is 29.5 Å². The van der Waals surface area contributed by atoms with Gasteiger partial charge in [-0.1, -0.05) is 26.8 Å². The predicted octanol–water partition coefficient (Wildman–Crippen LogP) is 7.24. The van der Waals surface area contributed by atoms with Gasteiger partial charge in [-0.3, -0.25) is 29.3 Å². The van der Waals surface area contributed by atoms with Crippen LogP contribution in [0.5, 0.6) is 0 Å². The van der Waals surface area contributed by atoms with Crippen molar-refractivity contribution >= 4 is 45.7 Å². The van der Waals surface area contributed by atoms with Crippen molar-refractivity contribution < 1.29 is 42.5 Å². The van der Waals surface area contributed by atoms with Crippen LogP contribution in [-0.2, 0) is 51.0 Å². The number of thiazole rings is 1. The van der Waals surface area contributed by atoms with E-state index in [1.54, 1.807) is 13.4 Å². The van der Waals surface area contributed by atoms with Crippen molar-refractivity contribution in [3.05, 3.63) is 70.5 Å². The lowest BCUT2D eigenvalue weighted by molar-refractivity contribution is -0.156. The van der Waals surface area contributed by atoms with Gasteiger partial charge in [0.15, 0.2) is 6.39 Å². The number of hydrogen-bond donors (Lipinski definition) is 2. The first-order chi connectivity index (χ1) is 36.4. The van der Waals surface area contributed by atoms with Gasteiger partial charge in [-0.15, -0.1) is 11.3 Å². The lowest BCUT2D eigenvalue weighted by Gasteiger charge is -2.37. The molecule has 0 spiro atoms. The third-order valence-electron chi connectivity index (χ3n) is 16.3. The molecule has 6 bridgehead atoms. The highest BCUT2D eigenvalue weighted by Gasteiger charge is 2.55. The Bertz CT molecular complexity index is 2830. The van der Waals surface area contributed by atoms with E-state index in [1.807, 2.05) is 25.4 Å². The SMILES string of the molecule is CCO[C@@H]1c2nc(cs2)-c2ccc3c(c2)c(c(-c2cc(N4CCN(C5CC5)CC4)cnc2[C@H](C)OC)n3CCO[C@@H]2CCCOC2)CC(C)(C)COC(=O)[C@@H]2CCCN(N2)C(=O)[C@H]1NC(=O)[C@@H]1[C@@H](C)[C@H]1c1cocn1. The van der Waals surface area contributed by atoms with E-state index < -0.39 is 41.4 Å². The smallest absolute Gasteiger partial charge is 0.324 e. The summed E-state index contributed by atoms with van der Waals surface area (Å²) in [6, 6.07) is 7.57. The molecule has 4 aliphatic heterocycles. The number of esters is 1. The number of pyridine rings is 1. The van der Waals surface area contributed by atoms with Crippen molar-refractivity contribution in [2.45, 2.75) is 128 Å². The molecule has 4 aromatic heterocycles. The van der Waals surface area contributed by atoms with E-state index in [-0.39, 0.29) is 43.2 Å². The van der Waals surface area contributed by atoms with Crippen molar-refractivity contribution in [1.29, 1.82) is 0 Å². The molecule has 19 heteroatoms. The minimum absolute atomic E-state index is 0.0185. The van der Waals surface area contributed by atoms with E-state index in [0.29, 0.717) is 56.3 Å². The highest BCUT2D eigenvalue weighted by atomic mass is 32.1. The van der Waals surface area contributed by atoms with Gasteiger partial charge in [0.25, 0.3) is 5.91 Å². The fourth-order valence-corrected chi connectivity index (χ4v) is 12.9. The average molecular weight is 1050 g/mol. The standard InChI is InChI=1S/C56H73N9O9S/c1-7-72-51-49(60-52(66)47-33(2)46(47)43-29-71-32-58-43)54(67)65-16-8-11-42(61-65)55(68)74-31-56(4,5)26-41-39-24-35(44-30-75-53(51)59-44)12-15-45(39)64(21-23-73-38-10-9-22-70-28-38)50(41)40-25-37(27-57-48(40)34(3)69-6)63-19-17-62(18-20-63)36-13-14-36/h12,15,24-25,27,29-30,32-34,36,38,42,46-47,49,51,61H,7-11,13-14,16-23,26,28,31H2,1-6H3,(H,60,66)/t33-,34-,38+,42-,46-,47+,49-,51-/m0/s1. The normalized spacial score (nSPS) is 27.0. The molecule has 5 fully saturated rings. The average Bonchev–Trinajstić information content (AvgIpc) is 4.19. The number of carbonyl (C=O) groups excluding carboxylic acids is 3. The first kappa shape index (κ1) is 51.8. The molecule has 6 aliphatic rings. The number of nitrogens with one attached hydrogen (secondary N) is 2. The summed E-state index contributed by atoms with van der Waals surface area (Å²) in [5.41, 5.74) is 11.0. The van der Waals surface area contributed by atoms with E-state index >= 15 is 0 Å². The fraction of sp³-hybridized carbons (Fsp3) is 0.607. The second-order valence-electron chi connectivity index (χ2n) is 22.2. The summed E-state index contributed by atoms with van der Waals surface area (Å²) < 4.78 is 39.0. The highest BCUT2D eigenvalue weighted by Crippen LogP contribution is 2.53. The van der Waals surface area contributed by atoms with Gasteiger partial charge in [-0.2, -0.15) is 0 Å². The zero-order valence-electron chi connectivity index (χ0n) is 44.3. The molecule has 5 aromatic rings. The van der Waals surface area contributed by atoms with Gasteiger partial charge in [-0.25, -0.2) is 15.4 Å². The summed E-state index contributed by atoms with van der Waals surface area (Å²) >= 11 is 1.39. The van der Waals surface area contributed by atoms with Crippen LogP contribution in [0.3, 0.4) is 0 Å². The number of methoxy groups -OCH3 is 1. The molecule has 1 aromatic carbocycles. The Morgan fingerprint density at radius 3 is 2.63 bits per heavy atom. The number of hydrazine groups is 1. The number of rotatable bonds is 14. The number of fused-ring (bicyclic) bond motifs is 6. The summed E-state index contributed by atoms with van der Waals surface area (Å²) in [4.78, 5) is 63.5. The van der Waals surface area contributed by atoms with Crippen molar-refractivity contribution in [2.24, 2.45) is 17.3 Å². The van der Waals surface area contributed by atoms with E-state index in [2.05, 4.69) is 75.1 Å². The van der Waals surface area contributed by atoms with E-state index in [9.17, 15) is 14.4 Å². The van der Waals surface area contributed by atoms with Gasteiger partial charge in [0, 0.05) is 110 Å². The molecular weight excluding hydrogens is 975 g/mol. The summed E-state index contributed by atoms with van der Waals surface area (Å²) in [5.74, 6) is -1.75. The summed E-state index contributed by atoms with van der Waals surface area (Å²) in [7, 11) is 1.73. The van der Waals surface area contributed by atoms with E-state index in [4.69, 9.17) is 38.1 Å². The first-order valence-electron chi connectivity index (χ1n) is 27.3. The molecule has 2 saturated carbocycles. The monoisotopic (exact) mass is 1050 g/mol. The number of carbonyl (C=O) groups is 3. The maximum Gasteiger partial charge on any atom is 0.324 e. The van der Waals surface area contributed by atoms with Crippen LogP contribution in [0.25, 0.3) is 33.4 Å². The number of benzene rings is 1. The first-order valence-corrected chi connectivity index (χ1v) is 28.1. The van der Waals surface area contributed by atoms with Crippen molar-refractivity contribution in [3.63, 3.8) is 0 Å². The Morgan fingerprint density at radius 2 is 1.88 bits per heavy atom. The maximum absolute atomic E-state index is 15.0. The largest absolute Gasteiger partial charge is 0.464 e. The second-order valence-corrected chi connectivity index (χ2v) is 23.1. The van der Waals surface area contributed by atoms with E-state index in [0.717, 1.165) is 102 Å². The molecular formula is C56H73N9O9S. The Labute approximate surface area is 443 Å². The second kappa shape index (κ2) is 22.0. The Morgan fingerprint density at radius 1 is 1.04 bits per heavy atom. The molecule has 2 aliphatic carbocycles. The zero-order chi connectivity index (χ0) is 52.0. The topological polar surface area (TPSA) is 188 Å². The van der Waals surface area contributed by atoms with Crippen LogP contribution < -0.4 is 15.6 Å². The van der Waals surface area contributed by atoms with Gasteiger partial charge in [0.05, 0.1) is 66.7 Å². The van der Waals surface area contributed by atoms with Gasteiger partial charge < -0.3 is 42.9 Å². The summed E-state index contributed by atoms with van der Waals surface area (Å²) in [5, 5.41) is 8.15. The molecule has 0 radical (unpaired) electrons. The number of aromatic nitrogens is 4. The minimum atomic E-state index is -1.18. The third-order valence-corrected chi connectivity index (χ3v) is 17.2. The van der Waals surface area contributed by atoms with Gasteiger partial charge in [0.2, 0.25) is 5.91 Å². The van der Waals surface area contributed by atoms with Crippen molar-refractivity contribution in [3.8, 4) is 22.5 Å². The number of anilines is 1. The minimum Gasteiger partial charge on any atom is -0.464 e. The van der Waals surface area contributed by atoms with Crippen LogP contribution in [0.4, 0.5) is 5.69 Å². The number of nitrogens with zero attached hydrogens (tertiary/aromatic N) is 7. The molecule has 2 N–H and O–H groups in total. The molecule has 11 rings (SSSR count). The van der Waals surface area contributed by atoms with Crippen LogP contribution in [-0.4, -0.2) is 144 Å². The van der Waals surface area contributed by atoms with Crippen molar-refractivity contribution in [2.75, 3.05) is 77.8 Å². The third kappa shape index (κ3) is 10.9. The van der Waals surface area contributed by atoms with E-state index in [1.165, 1.54) is 35.6 Å². The number of cyclic esters (lactones) is 1. The molecule has 8 heterocycles. The molecule has 8 atom stereocenters. The Kier molecular flexibility index (Phi) is 15.2. The van der Waals surface area contributed by atoms with Crippen molar-refractivity contribution in [1.82, 2.24) is 40.2 Å². The van der Waals surface area contributed by atoms with Crippen LogP contribution >= 0.6 is 11.3 Å². The molecule has 3 saturated heterocycles. The molecule has 0 unspecified atom stereocenters. The Balaban J connectivity index is 1.03. The molecule has 18 nitrogen and oxygen atoms in total. The van der Waals surface area contributed by atoms with Gasteiger partial charge >= 0.3 is 5.97 Å². The predicted molar refractivity (Wildman–Crippen MR) is 283 cm³/mol. The fourth-order valence-electron chi connectivity index (χ4n) is 11.9. The molecule has 402 valence electrons. The number of ether oxygens (including phenoxy) is 5. The van der Waals surface area contributed by atoms with Gasteiger partial charge in [-0.05, 0) is 88.5 Å². The zero-order valence-corrected chi connectivity index (χ0v) is 45.1. The van der Waals surface area contributed by atoms with Crippen LogP contribution in [0.2, 0.25) is 0 Å². The molecule has 2 amide bonds. The lowest BCUT2D eigenvalue weighted by atomic mass is 9.84. The molecule has 75 heavy (non-hydrogen) atoms. The number of oxazole rings is 1. The quantitative estimate of drug-likeness (QED) is 0.106. The maximum atomic E-state index is 15.0.